The number of nitrogens with one attached hydrogen (secondary N) is 2. The van der Waals surface area contributed by atoms with Gasteiger partial charge in [-0.2, -0.15) is 4.98 Å². The number of halogens is 1. The van der Waals surface area contributed by atoms with E-state index >= 15 is 0 Å². The first kappa shape index (κ1) is 11.5. The summed E-state index contributed by atoms with van der Waals surface area (Å²) in [7, 11) is 1.76. The van der Waals surface area contributed by atoms with E-state index in [2.05, 4.69) is 20.3 Å². The first-order chi connectivity index (χ1) is 7.17. The van der Waals surface area contributed by atoms with Crippen LogP contribution in [0.4, 0.5) is 11.8 Å². The molecule has 7 heteroatoms. The molecule has 0 aromatic carbocycles. The van der Waals surface area contributed by atoms with Gasteiger partial charge in [-0.3, -0.25) is 0 Å². The Labute approximate surface area is 92.1 Å². The zero-order valence-electron chi connectivity index (χ0n) is 8.16. The van der Waals surface area contributed by atoms with Gasteiger partial charge in [-0.1, -0.05) is 11.6 Å². The molecule has 0 bridgehead atoms. The first-order valence-electron chi connectivity index (χ1n) is 4.18. The summed E-state index contributed by atoms with van der Waals surface area (Å²) in [6.07, 6.45) is 2.51. The number of anilines is 1. The summed E-state index contributed by atoms with van der Waals surface area (Å²) in [5.74, 6) is 0.379. The van der Waals surface area contributed by atoms with Gasteiger partial charge in [-0.25, -0.2) is 9.98 Å². The van der Waals surface area contributed by atoms with Crippen LogP contribution in [0.3, 0.4) is 0 Å². The topological polar surface area (TPSA) is 100 Å². The third-order valence-corrected chi connectivity index (χ3v) is 1.82. The fraction of sp³-hybridized carbons (Fsp3) is 0.250. The van der Waals surface area contributed by atoms with Crippen LogP contribution in [0.5, 0.6) is 0 Å². The lowest BCUT2D eigenvalue weighted by atomic mass is 10.4. The molecule has 1 aromatic heterocycles. The molecule has 6 nitrogen and oxygen atoms in total. The molecule has 15 heavy (non-hydrogen) atoms. The van der Waals surface area contributed by atoms with Gasteiger partial charge in [0.25, 0.3) is 5.95 Å². The predicted octanol–water partition coefficient (Wildman–Crippen LogP) is 0.654. The Hall–Kier alpha value is -1.53. The van der Waals surface area contributed by atoms with E-state index in [0.29, 0.717) is 17.3 Å². The summed E-state index contributed by atoms with van der Waals surface area (Å²) in [4.78, 5) is 11.7. The van der Waals surface area contributed by atoms with Crippen LogP contribution < -0.4 is 11.1 Å². The lowest BCUT2D eigenvalue weighted by Gasteiger charge is -2.00. The normalized spacial score (nSPS) is 11.5. The largest absolute Gasteiger partial charge is 0.382 e. The molecular formula is C8H11ClN6. The lowest BCUT2D eigenvalue weighted by molar-refractivity contribution is 0.949. The van der Waals surface area contributed by atoms with E-state index in [1.54, 1.807) is 7.05 Å². The van der Waals surface area contributed by atoms with Gasteiger partial charge in [-0.05, 0) is 7.05 Å². The zero-order valence-corrected chi connectivity index (χ0v) is 8.91. The third-order valence-electron chi connectivity index (χ3n) is 1.53. The van der Waals surface area contributed by atoms with Crippen molar-refractivity contribution in [1.29, 1.82) is 5.41 Å². The number of rotatable bonds is 4. The monoisotopic (exact) mass is 226 g/mol. The molecule has 1 heterocycles. The van der Waals surface area contributed by atoms with Crippen molar-refractivity contribution in [3.63, 3.8) is 0 Å². The molecule has 80 valence electrons. The number of nitrogens with two attached hydrogens (primary N) is 1. The van der Waals surface area contributed by atoms with Crippen molar-refractivity contribution in [3.8, 4) is 0 Å². The van der Waals surface area contributed by atoms with Gasteiger partial charge in [0.05, 0.1) is 11.9 Å². The Morgan fingerprint density at radius 3 is 3.07 bits per heavy atom. The number of aliphatic imine (C=N–C) groups is 1. The number of nitrogens with zero attached hydrogens (tertiary/aromatic N) is 3. The second kappa shape index (κ2) is 5.38. The van der Waals surface area contributed by atoms with Gasteiger partial charge in [-0.15, -0.1) is 0 Å². The summed E-state index contributed by atoms with van der Waals surface area (Å²) in [6.45, 7) is 0.468. The van der Waals surface area contributed by atoms with Crippen molar-refractivity contribution in [2.24, 2.45) is 4.99 Å². The highest BCUT2D eigenvalue weighted by molar-refractivity contribution is 6.32. The second-order valence-electron chi connectivity index (χ2n) is 2.68. The fourth-order valence-corrected chi connectivity index (χ4v) is 0.948. The van der Waals surface area contributed by atoms with Crippen molar-refractivity contribution in [2.75, 3.05) is 19.3 Å². The molecule has 0 unspecified atom stereocenters. The molecule has 0 aliphatic carbocycles. The van der Waals surface area contributed by atoms with Crippen LogP contribution in [0.15, 0.2) is 11.2 Å². The molecule has 0 spiro atoms. The zero-order chi connectivity index (χ0) is 11.3. The molecule has 0 aliphatic rings. The summed E-state index contributed by atoms with van der Waals surface area (Å²) < 4.78 is 0. The highest BCUT2D eigenvalue weighted by Gasteiger charge is 2.01. The molecular weight excluding hydrogens is 216 g/mol. The van der Waals surface area contributed by atoms with Crippen LogP contribution >= 0.6 is 11.6 Å². The van der Waals surface area contributed by atoms with E-state index in [1.165, 1.54) is 6.20 Å². The number of hydrogen-bond acceptors (Lipinski definition) is 6. The van der Waals surface area contributed by atoms with Crippen LogP contribution in [0.2, 0.25) is 5.02 Å². The summed E-state index contributed by atoms with van der Waals surface area (Å²) >= 11 is 5.66. The van der Waals surface area contributed by atoms with Crippen molar-refractivity contribution in [1.82, 2.24) is 15.3 Å². The van der Waals surface area contributed by atoms with Crippen LogP contribution in [0, 0.1) is 5.41 Å². The lowest BCUT2D eigenvalue weighted by Crippen LogP contribution is -2.19. The Bertz CT molecular complexity index is 389. The van der Waals surface area contributed by atoms with Gasteiger partial charge in [0.2, 0.25) is 0 Å². The minimum Gasteiger partial charge on any atom is -0.382 e. The number of aromatic nitrogens is 2. The molecule has 1 aromatic rings. The quantitative estimate of drug-likeness (QED) is 0.657. The minimum absolute atomic E-state index is 0.180. The predicted molar refractivity (Wildman–Crippen MR) is 61.3 cm³/mol. The highest BCUT2D eigenvalue weighted by atomic mass is 35.5. The Kier molecular flexibility index (Phi) is 4.14. The molecule has 0 saturated carbocycles. The van der Waals surface area contributed by atoms with Gasteiger partial charge in [0.15, 0.2) is 0 Å². The number of hydrogen-bond donors (Lipinski definition) is 3. The Morgan fingerprint density at radius 1 is 1.80 bits per heavy atom. The van der Waals surface area contributed by atoms with Crippen LogP contribution in [-0.2, 0) is 0 Å². The van der Waals surface area contributed by atoms with Crippen molar-refractivity contribution >= 4 is 35.3 Å². The molecule has 0 radical (unpaired) electrons. The van der Waals surface area contributed by atoms with Crippen LogP contribution in [0.25, 0.3) is 0 Å². The molecule has 4 N–H and O–H groups in total. The number of nitrogen functional groups attached to an aromatic ring is 1. The highest BCUT2D eigenvalue weighted by Crippen LogP contribution is 2.16. The summed E-state index contributed by atoms with van der Waals surface area (Å²) in [5.41, 5.74) is 6.00. The summed E-state index contributed by atoms with van der Waals surface area (Å²) in [6, 6.07) is 0. The van der Waals surface area contributed by atoms with Crippen LogP contribution in [-0.4, -0.2) is 35.5 Å². The SMILES string of the molecule is CNCC(C=N)=Nc1ncc(Cl)c(N)n1. The van der Waals surface area contributed by atoms with Gasteiger partial charge >= 0.3 is 0 Å². The van der Waals surface area contributed by atoms with E-state index in [4.69, 9.17) is 22.7 Å². The van der Waals surface area contributed by atoms with Crippen molar-refractivity contribution in [2.45, 2.75) is 0 Å². The maximum absolute atomic E-state index is 7.10. The van der Waals surface area contributed by atoms with Gasteiger partial charge < -0.3 is 16.5 Å². The minimum atomic E-state index is 0.180. The molecule has 0 amide bonds. The van der Waals surface area contributed by atoms with Gasteiger partial charge in [0.1, 0.15) is 10.8 Å². The first-order valence-corrected chi connectivity index (χ1v) is 4.55. The molecule has 0 aliphatic heterocycles. The van der Waals surface area contributed by atoms with Crippen molar-refractivity contribution in [3.05, 3.63) is 11.2 Å². The molecule has 0 saturated heterocycles. The fourth-order valence-electron chi connectivity index (χ4n) is 0.857. The summed E-state index contributed by atoms with van der Waals surface area (Å²) in [5, 5.41) is 10.3. The second-order valence-corrected chi connectivity index (χ2v) is 3.09. The van der Waals surface area contributed by atoms with E-state index in [-0.39, 0.29) is 11.8 Å². The van der Waals surface area contributed by atoms with E-state index in [9.17, 15) is 0 Å². The Balaban J connectivity index is 2.96. The Morgan fingerprint density at radius 2 is 2.53 bits per heavy atom. The molecule has 0 atom stereocenters. The molecule has 1 rings (SSSR count). The van der Waals surface area contributed by atoms with E-state index < -0.39 is 0 Å². The van der Waals surface area contributed by atoms with Crippen molar-refractivity contribution < 1.29 is 0 Å². The van der Waals surface area contributed by atoms with E-state index in [0.717, 1.165) is 6.21 Å². The maximum atomic E-state index is 7.10. The van der Waals surface area contributed by atoms with E-state index in [1.807, 2.05) is 0 Å². The third kappa shape index (κ3) is 3.26. The van der Waals surface area contributed by atoms with Crippen LogP contribution in [0.1, 0.15) is 0 Å². The standard InChI is InChI=1S/C8H11ClN6/c1-12-3-5(2-10)14-8-13-4-6(9)7(11)15-8/h2,4,10,12H,3H2,1H3,(H2,11,13,15). The smallest absolute Gasteiger partial charge is 0.251 e. The molecule has 0 fully saturated rings. The average molecular weight is 227 g/mol. The van der Waals surface area contributed by atoms with Gasteiger partial charge in [0, 0.05) is 12.8 Å². The maximum Gasteiger partial charge on any atom is 0.251 e. The average Bonchev–Trinajstić information content (AvgIpc) is 2.23.